The second-order valence-electron chi connectivity index (χ2n) is 11.5. The third kappa shape index (κ3) is 5.01. The predicted molar refractivity (Wildman–Crippen MR) is 133 cm³/mol. The summed E-state index contributed by atoms with van der Waals surface area (Å²) < 4.78 is 1.76. The van der Waals surface area contributed by atoms with Crippen molar-refractivity contribution >= 4 is 16.8 Å². The Kier molecular flexibility index (Phi) is 6.68. The van der Waals surface area contributed by atoms with E-state index in [2.05, 4.69) is 43.3 Å². The number of nitrogens with zero attached hydrogens (tertiary/aromatic N) is 2. The molecule has 2 aromatic heterocycles. The number of carbonyl (C=O) groups excluding carboxylic acids is 1. The van der Waals surface area contributed by atoms with Gasteiger partial charge in [0.1, 0.15) is 0 Å². The SMILES string of the molecule is Cc1cc2c(cn1)cc(C1CC(NC(=O)C3CCNC(C(C)(C)C)C3)CCC1C)c(=O)n2C. The summed E-state index contributed by atoms with van der Waals surface area (Å²) in [5.41, 5.74) is 2.91. The largest absolute Gasteiger partial charge is 0.353 e. The summed E-state index contributed by atoms with van der Waals surface area (Å²) in [4.78, 5) is 30.9. The minimum atomic E-state index is 0.0659. The molecule has 1 saturated carbocycles. The van der Waals surface area contributed by atoms with E-state index in [1.54, 1.807) is 4.57 Å². The van der Waals surface area contributed by atoms with E-state index in [-0.39, 0.29) is 34.8 Å². The van der Waals surface area contributed by atoms with E-state index < -0.39 is 0 Å². The molecule has 2 N–H and O–H groups in total. The van der Waals surface area contributed by atoms with Gasteiger partial charge >= 0.3 is 0 Å². The Morgan fingerprint density at radius 3 is 2.67 bits per heavy atom. The topological polar surface area (TPSA) is 76.0 Å². The van der Waals surface area contributed by atoms with Crippen molar-refractivity contribution in [1.82, 2.24) is 20.2 Å². The fourth-order valence-corrected chi connectivity index (χ4v) is 5.78. The van der Waals surface area contributed by atoms with Crippen LogP contribution in [0.15, 0.2) is 23.1 Å². The zero-order chi connectivity index (χ0) is 23.9. The van der Waals surface area contributed by atoms with Gasteiger partial charge in [0.05, 0.1) is 5.52 Å². The number of rotatable bonds is 3. The summed E-state index contributed by atoms with van der Waals surface area (Å²) >= 11 is 0. The number of piperidine rings is 1. The van der Waals surface area contributed by atoms with Crippen LogP contribution in [0.5, 0.6) is 0 Å². The van der Waals surface area contributed by atoms with Crippen LogP contribution in [0.1, 0.15) is 77.0 Å². The molecular formula is C27H40N4O2. The second-order valence-corrected chi connectivity index (χ2v) is 11.5. The van der Waals surface area contributed by atoms with Gasteiger partial charge in [-0.25, -0.2) is 0 Å². The van der Waals surface area contributed by atoms with Crippen molar-refractivity contribution in [3.05, 3.63) is 39.9 Å². The molecule has 180 valence electrons. The van der Waals surface area contributed by atoms with Gasteiger partial charge in [-0.2, -0.15) is 0 Å². The molecule has 1 aliphatic heterocycles. The van der Waals surface area contributed by atoms with Crippen LogP contribution < -0.4 is 16.2 Å². The Bertz CT molecular complexity index is 1080. The Balaban J connectivity index is 1.51. The van der Waals surface area contributed by atoms with Gasteiger partial charge in [-0.1, -0.05) is 27.7 Å². The number of aryl methyl sites for hydroxylation is 2. The number of carbonyl (C=O) groups is 1. The van der Waals surface area contributed by atoms with Crippen molar-refractivity contribution in [3.8, 4) is 0 Å². The van der Waals surface area contributed by atoms with E-state index in [0.717, 1.165) is 60.8 Å². The summed E-state index contributed by atoms with van der Waals surface area (Å²) in [7, 11) is 1.85. The molecule has 6 heteroatoms. The monoisotopic (exact) mass is 452 g/mol. The minimum Gasteiger partial charge on any atom is -0.353 e. The number of aromatic nitrogens is 2. The average Bonchev–Trinajstić information content (AvgIpc) is 2.77. The van der Waals surface area contributed by atoms with E-state index in [9.17, 15) is 9.59 Å². The second kappa shape index (κ2) is 9.21. The zero-order valence-corrected chi connectivity index (χ0v) is 21.1. The molecule has 5 unspecified atom stereocenters. The van der Waals surface area contributed by atoms with Gasteiger partial charge in [-0.15, -0.1) is 0 Å². The highest BCUT2D eigenvalue weighted by Crippen LogP contribution is 2.37. The summed E-state index contributed by atoms with van der Waals surface area (Å²) in [6.45, 7) is 11.8. The van der Waals surface area contributed by atoms with Gasteiger partial charge in [0, 0.05) is 47.9 Å². The van der Waals surface area contributed by atoms with Crippen LogP contribution >= 0.6 is 0 Å². The number of hydrogen-bond acceptors (Lipinski definition) is 4. The van der Waals surface area contributed by atoms with Crippen LogP contribution in [0.25, 0.3) is 10.9 Å². The van der Waals surface area contributed by atoms with Gasteiger partial charge < -0.3 is 15.2 Å². The molecule has 0 bridgehead atoms. The van der Waals surface area contributed by atoms with Crippen molar-refractivity contribution in [3.63, 3.8) is 0 Å². The summed E-state index contributed by atoms with van der Waals surface area (Å²) in [5, 5.41) is 7.96. The molecule has 3 heterocycles. The summed E-state index contributed by atoms with van der Waals surface area (Å²) in [5.74, 6) is 0.806. The highest BCUT2D eigenvalue weighted by molar-refractivity contribution is 5.80. The van der Waals surface area contributed by atoms with E-state index in [1.165, 1.54) is 0 Å². The fraction of sp³-hybridized carbons (Fsp3) is 0.667. The molecule has 1 aliphatic carbocycles. The summed E-state index contributed by atoms with van der Waals surface area (Å²) in [6.07, 6.45) is 6.46. The third-order valence-electron chi connectivity index (χ3n) is 8.03. The Morgan fingerprint density at radius 1 is 1.18 bits per heavy atom. The molecular weight excluding hydrogens is 412 g/mol. The fourth-order valence-electron chi connectivity index (χ4n) is 5.78. The lowest BCUT2D eigenvalue weighted by atomic mass is 9.74. The first-order valence-corrected chi connectivity index (χ1v) is 12.5. The molecule has 6 nitrogen and oxygen atoms in total. The number of amides is 1. The van der Waals surface area contributed by atoms with E-state index in [0.29, 0.717) is 12.0 Å². The number of pyridine rings is 2. The molecule has 2 fully saturated rings. The first kappa shape index (κ1) is 23.9. The van der Waals surface area contributed by atoms with Crippen molar-refractivity contribution in [1.29, 1.82) is 0 Å². The first-order valence-electron chi connectivity index (χ1n) is 12.5. The van der Waals surface area contributed by atoms with E-state index >= 15 is 0 Å². The Labute approximate surface area is 197 Å². The Hall–Kier alpha value is -2.21. The van der Waals surface area contributed by atoms with Crippen LogP contribution in [0.4, 0.5) is 0 Å². The number of nitrogens with one attached hydrogen (secondary N) is 2. The van der Waals surface area contributed by atoms with Crippen molar-refractivity contribution in [2.45, 2.75) is 84.7 Å². The number of fused-ring (bicyclic) bond motifs is 1. The van der Waals surface area contributed by atoms with Crippen molar-refractivity contribution in [2.24, 2.45) is 24.3 Å². The Morgan fingerprint density at radius 2 is 1.94 bits per heavy atom. The lowest BCUT2D eigenvalue weighted by Crippen LogP contribution is -2.51. The third-order valence-corrected chi connectivity index (χ3v) is 8.03. The van der Waals surface area contributed by atoms with Gasteiger partial charge in [0.25, 0.3) is 5.56 Å². The van der Waals surface area contributed by atoms with Crippen molar-refractivity contribution in [2.75, 3.05) is 6.54 Å². The number of hydrogen-bond donors (Lipinski definition) is 2. The van der Waals surface area contributed by atoms with E-state index in [1.807, 2.05) is 32.3 Å². The molecule has 4 rings (SSSR count). The highest BCUT2D eigenvalue weighted by Gasteiger charge is 2.36. The van der Waals surface area contributed by atoms with Gasteiger partial charge in [-0.05, 0) is 75.0 Å². The maximum absolute atomic E-state index is 13.3. The molecule has 2 aliphatic rings. The molecule has 2 aromatic rings. The highest BCUT2D eigenvalue weighted by atomic mass is 16.2. The smallest absolute Gasteiger partial charge is 0.254 e. The van der Waals surface area contributed by atoms with Crippen LogP contribution in [-0.2, 0) is 11.8 Å². The van der Waals surface area contributed by atoms with E-state index in [4.69, 9.17) is 0 Å². The first-order chi connectivity index (χ1) is 15.5. The van der Waals surface area contributed by atoms with Crippen LogP contribution in [0.3, 0.4) is 0 Å². The predicted octanol–water partition coefficient (Wildman–Crippen LogP) is 4.04. The molecule has 5 atom stereocenters. The maximum atomic E-state index is 13.3. The lowest BCUT2D eigenvalue weighted by molar-refractivity contribution is -0.127. The molecule has 33 heavy (non-hydrogen) atoms. The normalized spacial score (nSPS) is 28.6. The molecule has 0 aromatic carbocycles. The lowest BCUT2D eigenvalue weighted by Gasteiger charge is -2.39. The van der Waals surface area contributed by atoms with Crippen LogP contribution in [0, 0.1) is 24.2 Å². The summed E-state index contributed by atoms with van der Waals surface area (Å²) in [6, 6.07) is 4.49. The molecule has 1 saturated heterocycles. The molecule has 1 amide bonds. The van der Waals surface area contributed by atoms with Gasteiger partial charge in [0.2, 0.25) is 5.91 Å². The standard InChI is InChI=1S/C27H40N4O2/c1-16-7-8-20(30-25(32)18-9-10-28-24(13-18)27(3,4)5)14-21(16)22-12-19-15-29-17(2)11-23(19)31(6)26(22)33/h11-12,15-16,18,20-21,24,28H,7-10,13-14H2,1-6H3,(H,30,32). The van der Waals surface area contributed by atoms with Crippen LogP contribution in [0.2, 0.25) is 0 Å². The molecule has 0 radical (unpaired) electrons. The average molecular weight is 453 g/mol. The zero-order valence-electron chi connectivity index (χ0n) is 21.1. The molecule has 0 spiro atoms. The van der Waals surface area contributed by atoms with Crippen molar-refractivity contribution < 1.29 is 4.79 Å². The minimum absolute atomic E-state index is 0.0659. The van der Waals surface area contributed by atoms with Gasteiger partial charge in [-0.3, -0.25) is 14.6 Å². The van der Waals surface area contributed by atoms with Gasteiger partial charge in [0.15, 0.2) is 0 Å². The van der Waals surface area contributed by atoms with Crippen LogP contribution in [-0.4, -0.2) is 34.1 Å². The maximum Gasteiger partial charge on any atom is 0.254 e. The quantitative estimate of drug-likeness (QED) is 0.737.